The lowest BCUT2D eigenvalue weighted by Gasteiger charge is -2.41. The number of para-hydroxylation sites is 1. The number of hydrogen-bond acceptors (Lipinski definition) is 5. The standard InChI is InChI=1S/C33H46ClN3O5/c1-9-15-35(16-10-2)29(39)25-26-30(40)37(24(19-38)20(4)5)28(33(26)18-22(7)32(25,8)42-33)31(41)36(17-11-3)27-21(6)13-12-14-23(27)34/h9,11-14,20,22,24-26,28,38H,1,3,10,15-19H2,2,4-8H3/t22?,24-,25+,26-,28?,32-,33?/m0/s1. The number of aliphatic hydroxyl groups excluding tert-OH is 1. The summed E-state index contributed by atoms with van der Waals surface area (Å²) in [6, 6.07) is 3.72. The number of hydrogen-bond donors (Lipinski definition) is 1. The minimum atomic E-state index is -1.24. The van der Waals surface area contributed by atoms with Crippen molar-refractivity contribution < 1.29 is 24.2 Å². The fraction of sp³-hybridized carbons (Fsp3) is 0.606. The zero-order valence-corrected chi connectivity index (χ0v) is 26.6. The van der Waals surface area contributed by atoms with Gasteiger partial charge in [-0.1, -0.05) is 63.6 Å². The van der Waals surface area contributed by atoms with Crippen LogP contribution in [0.5, 0.6) is 0 Å². The number of likely N-dealkylation sites (tertiary alicyclic amines) is 1. The van der Waals surface area contributed by atoms with E-state index in [-0.39, 0.29) is 42.7 Å². The maximum atomic E-state index is 14.9. The summed E-state index contributed by atoms with van der Waals surface area (Å²) in [6.45, 7) is 20.1. The molecule has 42 heavy (non-hydrogen) atoms. The Morgan fingerprint density at radius 1 is 1.24 bits per heavy atom. The van der Waals surface area contributed by atoms with Crippen LogP contribution in [0, 0.1) is 30.6 Å². The molecule has 8 nitrogen and oxygen atoms in total. The molecule has 3 aliphatic rings. The summed E-state index contributed by atoms with van der Waals surface area (Å²) in [5.41, 5.74) is -0.840. The van der Waals surface area contributed by atoms with Crippen molar-refractivity contribution in [1.29, 1.82) is 0 Å². The van der Waals surface area contributed by atoms with Gasteiger partial charge < -0.3 is 24.5 Å². The number of rotatable bonds is 12. The van der Waals surface area contributed by atoms with Crippen LogP contribution in [0.2, 0.25) is 5.02 Å². The van der Waals surface area contributed by atoms with E-state index in [1.165, 1.54) is 4.90 Å². The van der Waals surface area contributed by atoms with E-state index >= 15 is 0 Å². The highest BCUT2D eigenvalue weighted by molar-refractivity contribution is 6.34. The van der Waals surface area contributed by atoms with Gasteiger partial charge in [-0.25, -0.2) is 0 Å². The third kappa shape index (κ3) is 4.80. The average Bonchev–Trinajstić information content (AvgIpc) is 3.44. The number of carbonyl (C=O) groups is 3. The molecule has 1 spiro atoms. The topological polar surface area (TPSA) is 90.4 Å². The molecule has 3 fully saturated rings. The molecular weight excluding hydrogens is 554 g/mol. The maximum Gasteiger partial charge on any atom is 0.253 e. The summed E-state index contributed by atoms with van der Waals surface area (Å²) < 4.78 is 6.93. The summed E-state index contributed by atoms with van der Waals surface area (Å²) in [4.78, 5) is 48.8. The molecule has 4 rings (SSSR count). The van der Waals surface area contributed by atoms with E-state index < -0.39 is 35.1 Å². The van der Waals surface area contributed by atoms with Crippen molar-refractivity contribution >= 4 is 35.0 Å². The lowest BCUT2D eigenvalue weighted by Crippen LogP contribution is -2.60. The Hall–Kier alpha value is -2.68. The van der Waals surface area contributed by atoms with E-state index in [2.05, 4.69) is 13.2 Å². The Morgan fingerprint density at radius 2 is 1.90 bits per heavy atom. The molecule has 3 unspecified atom stereocenters. The van der Waals surface area contributed by atoms with E-state index in [0.717, 1.165) is 12.0 Å². The fourth-order valence-corrected chi connectivity index (χ4v) is 8.08. The van der Waals surface area contributed by atoms with E-state index in [4.69, 9.17) is 16.3 Å². The van der Waals surface area contributed by atoms with Crippen molar-refractivity contribution in [3.05, 3.63) is 54.1 Å². The van der Waals surface area contributed by atoms with Gasteiger partial charge in [0.25, 0.3) is 5.91 Å². The highest BCUT2D eigenvalue weighted by Gasteiger charge is 2.80. The Kier molecular flexibility index (Phi) is 9.31. The fourth-order valence-electron chi connectivity index (χ4n) is 7.76. The van der Waals surface area contributed by atoms with E-state index in [1.54, 1.807) is 28.0 Å². The molecule has 0 radical (unpaired) electrons. The predicted octanol–water partition coefficient (Wildman–Crippen LogP) is 4.62. The van der Waals surface area contributed by atoms with Crippen LogP contribution in [0.1, 0.15) is 53.0 Å². The third-order valence-electron chi connectivity index (χ3n) is 9.76. The highest BCUT2D eigenvalue weighted by atomic mass is 35.5. The Labute approximate surface area is 255 Å². The predicted molar refractivity (Wildman–Crippen MR) is 165 cm³/mol. The van der Waals surface area contributed by atoms with Crippen LogP contribution in [0.3, 0.4) is 0 Å². The molecule has 0 aliphatic carbocycles. The van der Waals surface area contributed by atoms with Crippen LogP contribution in [-0.2, 0) is 19.1 Å². The summed E-state index contributed by atoms with van der Waals surface area (Å²) in [5, 5.41) is 11.0. The molecule has 2 bridgehead atoms. The number of amides is 3. The monoisotopic (exact) mass is 599 g/mol. The number of benzene rings is 1. The van der Waals surface area contributed by atoms with Gasteiger partial charge in [-0.05, 0) is 50.2 Å². The Morgan fingerprint density at radius 3 is 2.45 bits per heavy atom. The second-order valence-corrected chi connectivity index (χ2v) is 13.1. The zero-order valence-electron chi connectivity index (χ0n) is 25.8. The molecule has 0 aromatic heterocycles. The van der Waals surface area contributed by atoms with Gasteiger partial charge >= 0.3 is 0 Å². The molecular formula is C33H46ClN3O5. The van der Waals surface area contributed by atoms with Crippen LogP contribution in [0.25, 0.3) is 0 Å². The van der Waals surface area contributed by atoms with Crippen molar-refractivity contribution in [1.82, 2.24) is 9.80 Å². The summed E-state index contributed by atoms with van der Waals surface area (Å²) in [5.74, 6) is -2.73. The lowest BCUT2D eigenvalue weighted by atomic mass is 9.62. The third-order valence-corrected chi connectivity index (χ3v) is 10.1. The first-order chi connectivity index (χ1) is 19.9. The molecule has 3 saturated heterocycles. The number of nitrogens with zero attached hydrogens (tertiary/aromatic N) is 3. The van der Waals surface area contributed by atoms with Crippen LogP contribution in [0.4, 0.5) is 5.69 Å². The minimum absolute atomic E-state index is 0.0977. The van der Waals surface area contributed by atoms with Crippen molar-refractivity contribution in [2.24, 2.45) is 23.7 Å². The Bertz CT molecular complexity index is 1230. The lowest BCUT2D eigenvalue weighted by molar-refractivity contribution is -0.154. The molecule has 1 aromatic carbocycles. The van der Waals surface area contributed by atoms with E-state index in [1.807, 2.05) is 53.7 Å². The van der Waals surface area contributed by atoms with Gasteiger partial charge in [-0.3, -0.25) is 14.4 Å². The summed E-state index contributed by atoms with van der Waals surface area (Å²) in [7, 11) is 0. The summed E-state index contributed by atoms with van der Waals surface area (Å²) >= 11 is 6.67. The van der Waals surface area contributed by atoms with Gasteiger partial charge in [0.2, 0.25) is 11.8 Å². The van der Waals surface area contributed by atoms with Crippen LogP contribution in [0.15, 0.2) is 43.5 Å². The van der Waals surface area contributed by atoms with Crippen molar-refractivity contribution in [3.63, 3.8) is 0 Å². The molecule has 1 aromatic rings. The number of halogens is 1. The van der Waals surface area contributed by atoms with Gasteiger partial charge in [0.05, 0.1) is 40.8 Å². The van der Waals surface area contributed by atoms with Crippen molar-refractivity contribution in [2.75, 3.05) is 31.1 Å². The van der Waals surface area contributed by atoms with Gasteiger partial charge in [0.15, 0.2) is 0 Å². The van der Waals surface area contributed by atoms with Crippen molar-refractivity contribution in [2.45, 2.75) is 77.7 Å². The molecule has 1 N–H and O–H groups in total. The number of aryl methyl sites for hydroxylation is 1. The van der Waals surface area contributed by atoms with Crippen LogP contribution in [-0.4, -0.2) is 82.2 Å². The highest BCUT2D eigenvalue weighted by Crippen LogP contribution is 2.66. The smallest absolute Gasteiger partial charge is 0.253 e. The zero-order chi connectivity index (χ0) is 31.1. The van der Waals surface area contributed by atoms with Crippen molar-refractivity contribution in [3.8, 4) is 0 Å². The molecule has 230 valence electrons. The number of fused-ring (bicyclic) bond motifs is 1. The first-order valence-electron chi connectivity index (χ1n) is 15.1. The first-order valence-corrected chi connectivity index (χ1v) is 15.4. The van der Waals surface area contributed by atoms with Crippen LogP contribution >= 0.6 is 11.6 Å². The molecule has 7 atom stereocenters. The first kappa shape index (κ1) is 32.2. The molecule has 3 aliphatic heterocycles. The van der Waals surface area contributed by atoms with E-state index in [9.17, 15) is 19.5 Å². The minimum Gasteiger partial charge on any atom is -0.394 e. The van der Waals surface area contributed by atoms with Gasteiger partial charge in [-0.2, -0.15) is 0 Å². The maximum absolute atomic E-state index is 14.9. The largest absolute Gasteiger partial charge is 0.394 e. The normalized spacial score (nSPS) is 30.4. The van der Waals surface area contributed by atoms with E-state index in [0.29, 0.717) is 30.2 Å². The average molecular weight is 600 g/mol. The SMILES string of the molecule is C=CCN(CCC)C(=O)[C@H]1[C@H]2C(=O)N([C@@H](CO)C(C)C)C(C(=O)N(CC=C)c3c(C)cccc3Cl)C23CC(C)[C@]1(C)O3. The molecule has 0 saturated carbocycles. The second kappa shape index (κ2) is 12.1. The molecule has 9 heteroatoms. The second-order valence-electron chi connectivity index (χ2n) is 12.7. The number of carbonyl (C=O) groups excluding carboxylic acids is 3. The Balaban J connectivity index is 1.93. The molecule has 3 heterocycles. The quantitative estimate of drug-likeness (QED) is 0.354. The van der Waals surface area contributed by atoms with Gasteiger partial charge in [0, 0.05) is 19.6 Å². The number of aliphatic hydroxyl groups is 1. The molecule has 3 amide bonds. The van der Waals surface area contributed by atoms with Gasteiger partial charge in [-0.15, -0.1) is 13.2 Å². The number of ether oxygens (including phenoxy) is 1. The van der Waals surface area contributed by atoms with Crippen LogP contribution < -0.4 is 4.90 Å². The summed E-state index contributed by atoms with van der Waals surface area (Å²) in [6.07, 6.45) is 4.51. The number of anilines is 1. The van der Waals surface area contributed by atoms with Gasteiger partial charge in [0.1, 0.15) is 11.6 Å².